The van der Waals surface area contributed by atoms with Crippen molar-refractivity contribution in [2.75, 3.05) is 5.32 Å². The van der Waals surface area contributed by atoms with Crippen LogP contribution in [0.15, 0.2) is 84.9 Å². The maximum Gasteiger partial charge on any atom is 0.255 e. The first-order valence-electron chi connectivity index (χ1n) is 8.06. The quantitative estimate of drug-likeness (QED) is 0.723. The smallest absolute Gasteiger partial charge is 0.255 e. The van der Waals surface area contributed by atoms with Crippen molar-refractivity contribution < 1.29 is 9.59 Å². The van der Waals surface area contributed by atoms with Crippen LogP contribution in [0.1, 0.15) is 26.3 Å². The summed E-state index contributed by atoms with van der Waals surface area (Å²) >= 11 is 0. The number of carbonyl (C=O) groups excluding carboxylic acids is 2. The number of anilines is 1. The largest absolute Gasteiger partial charge is 0.352 e. The van der Waals surface area contributed by atoms with Crippen LogP contribution in [-0.2, 0) is 5.66 Å². The van der Waals surface area contributed by atoms with Crippen molar-refractivity contribution in [3.05, 3.63) is 102 Å². The Morgan fingerprint density at radius 1 is 0.720 bits per heavy atom. The Kier molecular flexibility index (Phi) is 3.58. The molecule has 1 atom stereocenters. The summed E-state index contributed by atoms with van der Waals surface area (Å²) in [7, 11) is 0. The first-order chi connectivity index (χ1) is 12.2. The molecule has 1 aliphatic rings. The second-order valence-corrected chi connectivity index (χ2v) is 5.94. The van der Waals surface area contributed by atoms with Gasteiger partial charge in [0.15, 0.2) is 0 Å². The van der Waals surface area contributed by atoms with E-state index in [1.54, 1.807) is 24.3 Å². The fourth-order valence-corrected chi connectivity index (χ4v) is 3.14. The third-order valence-electron chi connectivity index (χ3n) is 4.38. The van der Waals surface area contributed by atoms with E-state index in [0.717, 1.165) is 0 Å². The minimum atomic E-state index is -1.34. The molecule has 0 radical (unpaired) electrons. The van der Waals surface area contributed by atoms with Crippen molar-refractivity contribution in [1.29, 1.82) is 0 Å². The molecule has 0 bridgehead atoms. The molecule has 0 saturated carbocycles. The standard InChI is InChI=1S/C21H16N2O2/c24-19(15-9-3-1-4-10-15)21(16-11-5-2-6-12-16)22-18-14-8-7-13-17(18)20(25)23-21/h1-14,22H,(H,23,25)/t21-/m0/s1. The van der Waals surface area contributed by atoms with E-state index in [9.17, 15) is 9.59 Å². The Labute approximate surface area is 145 Å². The normalized spacial score (nSPS) is 18.6. The van der Waals surface area contributed by atoms with E-state index in [4.69, 9.17) is 0 Å². The second kappa shape index (κ2) is 5.91. The van der Waals surface area contributed by atoms with Crippen LogP contribution in [0.3, 0.4) is 0 Å². The molecule has 4 heteroatoms. The Morgan fingerprint density at radius 2 is 1.32 bits per heavy atom. The Morgan fingerprint density at radius 3 is 2.04 bits per heavy atom. The van der Waals surface area contributed by atoms with Crippen molar-refractivity contribution in [2.45, 2.75) is 5.66 Å². The molecule has 0 aliphatic carbocycles. The molecule has 4 rings (SSSR count). The number of amides is 1. The van der Waals surface area contributed by atoms with E-state index in [2.05, 4.69) is 10.6 Å². The first kappa shape index (κ1) is 15.1. The number of benzene rings is 3. The molecule has 1 heterocycles. The first-order valence-corrected chi connectivity index (χ1v) is 8.06. The number of ketones is 1. The van der Waals surface area contributed by atoms with Gasteiger partial charge in [-0.3, -0.25) is 9.59 Å². The predicted molar refractivity (Wildman–Crippen MR) is 96.4 cm³/mol. The van der Waals surface area contributed by atoms with Crippen molar-refractivity contribution in [1.82, 2.24) is 5.32 Å². The maximum absolute atomic E-state index is 13.4. The van der Waals surface area contributed by atoms with Gasteiger partial charge in [0, 0.05) is 16.8 Å². The van der Waals surface area contributed by atoms with Crippen molar-refractivity contribution in [2.24, 2.45) is 0 Å². The van der Waals surface area contributed by atoms with Gasteiger partial charge in [-0.2, -0.15) is 0 Å². The average Bonchev–Trinajstić information content (AvgIpc) is 2.68. The number of hydrogen-bond donors (Lipinski definition) is 2. The third-order valence-corrected chi connectivity index (χ3v) is 4.38. The molecule has 0 unspecified atom stereocenters. The van der Waals surface area contributed by atoms with Crippen molar-refractivity contribution >= 4 is 17.4 Å². The number of nitrogens with one attached hydrogen (secondary N) is 2. The zero-order valence-corrected chi connectivity index (χ0v) is 13.4. The topological polar surface area (TPSA) is 58.2 Å². The van der Waals surface area contributed by atoms with Crippen LogP contribution in [0.4, 0.5) is 5.69 Å². The number of hydrogen-bond acceptors (Lipinski definition) is 3. The van der Waals surface area contributed by atoms with Gasteiger partial charge in [-0.1, -0.05) is 72.8 Å². The number of para-hydroxylation sites is 1. The summed E-state index contributed by atoms with van der Waals surface area (Å²) in [5, 5.41) is 6.17. The summed E-state index contributed by atoms with van der Waals surface area (Å²) in [6.45, 7) is 0. The second-order valence-electron chi connectivity index (χ2n) is 5.94. The van der Waals surface area contributed by atoms with E-state index in [1.165, 1.54) is 0 Å². The SMILES string of the molecule is O=C1N[C@](C(=O)c2ccccc2)(c2ccccc2)Nc2ccccc21. The molecule has 2 N–H and O–H groups in total. The van der Waals surface area contributed by atoms with E-state index in [-0.39, 0.29) is 11.7 Å². The summed E-state index contributed by atoms with van der Waals surface area (Å²) < 4.78 is 0. The van der Waals surface area contributed by atoms with Crippen LogP contribution < -0.4 is 10.6 Å². The van der Waals surface area contributed by atoms with Gasteiger partial charge in [0.2, 0.25) is 11.4 Å². The lowest BCUT2D eigenvalue weighted by Gasteiger charge is -2.39. The lowest BCUT2D eigenvalue weighted by Crippen LogP contribution is -2.60. The fraction of sp³-hybridized carbons (Fsp3) is 0.0476. The number of fused-ring (bicyclic) bond motifs is 1. The molecule has 122 valence electrons. The van der Waals surface area contributed by atoms with Gasteiger partial charge in [0.1, 0.15) is 0 Å². The highest BCUT2D eigenvalue weighted by Crippen LogP contribution is 2.33. The molecule has 0 aromatic heterocycles. The van der Waals surface area contributed by atoms with Crippen molar-refractivity contribution in [3.8, 4) is 0 Å². The van der Waals surface area contributed by atoms with Crippen LogP contribution >= 0.6 is 0 Å². The van der Waals surface area contributed by atoms with Crippen LogP contribution in [-0.4, -0.2) is 11.7 Å². The molecule has 3 aromatic carbocycles. The summed E-state index contributed by atoms with van der Waals surface area (Å²) in [5.41, 5.74) is 1.04. The zero-order valence-electron chi connectivity index (χ0n) is 13.4. The molecule has 3 aromatic rings. The Bertz CT molecular complexity index is 938. The van der Waals surface area contributed by atoms with Gasteiger partial charge in [-0.05, 0) is 12.1 Å². The highest BCUT2D eigenvalue weighted by molar-refractivity contribution is 6.12. The predicted octanol–water partition coefficient (Wildman–Crippen LogP) is 3.58. The molecule has 25 heavy (non-hydrogen) atoms. The van der Waals surface area contributed by atoms with Gasteiger partial charge < -0.3 is 10.6 Å². The Hall–Kier alpha value is -3.40. The monoisotopic (exact) mass is 328 g/mol. The highest BCUT2D eigenvalue weighted by Gasteiger charge is 2.45. The van der Waals surface area contributed by atoms with Gasteiger partial charge in [0.25, 0.3) is 5.91 Å². The summed E-state index contributed by atoms with van der Waals surface area (Å²) in [6.07, 6.45) is 0. The Balaban J connectivity index is 1.90. The van der Waals surface area contributed by atoms with Gasteiger partial charge in [0.05, 0.1) is 5.56 Å². The molecule has 0 saturated heterocycles. The third kappa shape index (κ3) is 2.48. The summed E-state index contributed by atoms with van der Waals surface area (Å²) in [5.74, 6) is -0.482. The fourth-order valence-electron chi connectivity index (χ4n) is 3.14. The lowest BCUT2D eigenvalue weighted by atomic mass is 9.87. The van der Waals surface area contributed by atoms with E-state index in [0.29, 0.717) is 22.4 Å². The zero-order chi connectivity index (χ0) is 17.3. The maximum atomic E-state index is 13.4. The molecular formula is C21H16N2O2. The van der Waals surface area contributed by atoms with Gasteiger partial charge in [-0.25, -0.2) is 0 Å². The van der Waals surface area contributed by atoms with E-state index >= 15 is 0 Å². The number of carbonyl (C=O) groups is 2. The summed E-state index contributed by atoms with van der Waals surface area (Å²) in [4.78, 5) is 26.1. The minimum absolute atomic E-state index is 0.206. The highest BCUT2D eigenvalue weighted by atomic mass is 16.2. The molecule has 1 amide bonds. The number of Topliss-reactive ketones (excluding diaryl/α,β-unsaturated/α-hetero) is 1. The van der Waals surface area contributed by atoms with Crippen LogP contribution in [0.2, 0.25) is 0 Å². The van der Waals surface area contributed by atoms with Crippen LogP contribution in [0.5, 0.6) is 0 Å². The van der Waals surface area contributed by atoms with Gasteiger partial charge >= 0.3 is 0 Å². The number of rotatable bonds is 3. The lowest BCUT2D eigenvalue weighted by molar-refractivity contribution is 0.0778. The molecule has 0 fully saturated rings. The van der Waals surface area contributed by atoms with Crippen molar-refractivity contribution in [3.63, 3.8) is 0 Å². The molecule has 1 aliphatic heterocycles. The molecule has 0 spiro atoms. The average molecular weight is 328 g/mol. The van der Waals surface area contributed by atoms with E-state index in [1.807, 2.05) is 60.7 Å². The van der Waals surface area contributed by atoms with Crippen LogP contribution in [0, 0.1) is 0 Å². The molecule has 4 nitrogen and oxygen atoms in total. The van der Waals surface area contributed by atoms with Crippen LogP contribution in [0.25, 0.3) is 0 Å². The van der Waals surface area contributed by atoms with E-state index < -0.39 is 5.66 Å². The van der Waals surface area contributed by atoms with Gasteiger partial charge in [-0.15, -0.1) is 0 Å². The minimum Gasteiger partial charge on any atom is -0.352 e. The summed E-state index contributed by atoms with van der Waals surface area (Å²) in [6, 6.07) is 25.4. The molecular weight excluding hydrogens is 312 g/mol.